The van der Waals surface area contributed by atoms with Crippen LogP contribution in [0.5, 0.6) is 0 Å². The van der Waals surface area contributed by atoms with Crippen LogP contribution in [0.15, 0.2) is 152 Å². The van der Waals surface area contributed by atoms with Gasteiger partial charge >= 0.3 is 17.1 Å². The van der Waals surface area contributed by atoms with Gasteiger partial charge in [-0.3, -0.25) is 4.98 Å². The number of nitrogens with zero attached hydrogens (tertiary/aromatic N) is 1. The Kier molecular flexibility index (Phi) is 14.0. The Morgan fingerprint density at radius 2 is 0.417 bits per heavy atom. The molecule has 1 heterocycles. The van der Waals surface area contributed by atoms with Crippen LogP contribution in [0, 0.1) is 0 Å². The summed E-state index contributed by atoms with van der Waals surface area (Å²) in [5.74, 6) is 0. The first-order valence-electron chi connectivity index (χ1n) is 20.9. The predicted molar refractivity (Wildman–Crippen MR) is 252 cm³/mol. The molecule has 3 heteroatoms. The Bertz CT molecular complexity index is 2210. The van der Waals surface area contributed by atoms with Crippen molar-refractivity contribution in [1.29, 1.82) is 0 Å². The van der Waals surface area contributed by atoms with Crippen LogP contribution < -0.4 is 24.0 Å². The largest absolute Gasteiger partial charge is 1.00 e. The van der Waals surface area contributed by atoms with Crippen LogP contribution in [0.4, 0.5) is 0 Å². The van der Waals surface area contributed by atoms with Crippen LogP contribution in [0.1, 0.15) is 105 Å². The van der Waals surface area contributed by atoms with E-state index in [1.807, 2.05) is 12.4 Å². The quantitative estimate of drug-likeness (QED) is 0.120. The summed E-state index contributed by atoms with van der Waals surface area (Å²) >= 11 is 0. The minimum Gasteiger partial charge on any atom is -1.00 e. The third-order valence-corrected chi connectivity index (χ3v) is 11.6. The van der Waals surface area contributed by atoms with E-state index in [1.54, 1.807) is 0 Å². The van der Waals surface area contributed by atoms with Crippen LogP contribution >= 0.6 is 0 Å². The monoisotopic (exact) mass is 949 g/mol. The Morgan fingerprint density at radius 3 is 0.600 bits per heavy atom. The zero-order valence-electron chi connectivity index (χ0n) is 37.6. The van der Waals surface area contributed by atoms with E-state index in [2.05, 4.69) is 223 Å². The third kappa shape index (κ3) is 10.8. The number of rotatable bonds is 6. The van der Waals surface area contributed by atoms with Gasteiger partial charge < -0.3 is 24.0 Å². The van der Waals surface area contributed by atoms with Gasteiger partial charge in [-0.15, -0.1) is 0 Å². The topological polar surface area (TPSA) is 12.9 Å². The van der Waals surface area contributed by atoms with Gasteiger partial charge in [0.1, 0.15) is 0 Å². The summed E-state index contributed by atoms with van der Waals surface area (Å²) < 4.78 is 0. The molecule has 7 aromatic rings. The second kappa shape index (κ2) is 18.0. The van der Waals surface area contributed by atoms with E-state index in [9.17, 15) is 0 Å². The SMILES string of the molecule is CC(C)(C)c1ccc(-c2cc(-c3ccc(C(C)(C)C)cc3)cc(-c3cncc(-c4cc(-c5ccc(C(C)(C)C)cc5)cc(-c5ccc(C(C)(C)C)cc5)c4)c3)c2)cc1.[Cu+].[I-]. The van der Waals surface area contributed by atoms with Gasteiger partial charge in [0, 0.05) is 23.5 Å². The van der Waals surface area contributed by atoms with Crippen molar-refractivity contribution in [2.24, 2.45) is 0 Å². The molecular weight excluding hydrogens is 889 g/mol. The molecule has 0 aliphatic heterocycles. The smallest absolute Gasteiger partial charge is 1.00 e. The number of hydrogen-bond acceptors (Lipinski definition) is 1. The van der Waals surface area contributed by atoms with Crippen LogP contribution in [-0.4, -0.2) is 4.98 Å². The van der Waals surface area contributed by atoms with Crippen molar-refractivity contribution >= 4 is 0 Å². The molecule has 0 saturated heterocycles. The summed E-state index contributed by atoms with van der Waals surface area (Å²) in [6.45, 7) is 27.2. The second-order valence-electron chi connectivity index (χ2n) is 20.4. The summed E-state index contributed by atoms with van der Waals surface area (Å²) in [6.07, 6.45) is 4.03. The van der Waals surface area contributed by atoms with Gasteiger partial charge in [-0.1, -0.05) is 180 Å². The molecular formula is C57H61CuIN. The molecule has 0 aliphatic rings. The average molecular weight is 951 g/mol. The van der Waals surface area contributed by atoms with Crippen molar-refractivity contribution < 1.29 is 41.0 Å². The van der Waals surface area contributed by atoms with E-state index in [4.69, 9.17) is 4.98 Å². The van der Waals surface area contributed by atoms with Gasteiger partial charge in [0.25, 0.3) is 0 Å². The van der Waals surface area contributed by atoms with Crippen molar-refractivity contribution in [3.8, 4) is 66.8 Å². The first-order chi connectivity index (χ1) is 27.2. The number of hydrogen-bond donors (Lipinski definition) is 0. The molecule has 312 valence electrons. The molecule has 1 aromatic heterocycles. The molecule has 0 bridgehead atoms. The Morgan fingerprint density at radius 1 is 0.250 bits per heavy atom. The minimum atomic E-state index is 0. The van der Waals surface area contributed by atoms with Crippen molar-refractivity contribution in [3.63, 3.8) is 0 Å². The van der Waals surface area contributed by atoms with E-state index in [0.717, 1.165) is 22.3 Å². The van der Waals surface area contributed by atoms with Gasteiger partial charge in [0.2, 0.25) is 0 Å². The van der Waals surface area contributed by atoms with Crippen LogP contribution in [-0.2, 0) is 38.7 Å². The molecule has 0 unspecified atom stereocenters. The molecule has 0 spiro atoms. The number of aromatic nitrogens is 1. The van der Waals surface area contributed by atoms with Crippen molar-refractivity contribution in [2.75, 3.05) is 0 Å². The molecule has 1 nitrogen and oxygen atoms in total. The summed E-state index contributed by atoms with van der Waals surface area (Å²) in [6, 6.07) is 52.7. The maximum absolute atomic E-state index is 4.90. The molecule has 0 aliphatic carbocycles. The average Bonchev–Trinajstić information content (AvgIpc) is 3.19. The van der Waals surface area contributed by atoms with Crippen LogP contribution in [0.3, 0.4) is 0 Å². The summed E-state index contributed by atoms with van der Waals surface area (Å²) in [7, 11) is 0. The van der Waals surface area contributed by atoms with Crippen LogP contribution in [0.25, 0.3) is 66.8 Å². The number of benzene rings is 6. The van der Waals surface area contributed by atoms with E-state index in [1.165, 1.54) is 66.8 Å². The predicted octanol–water partition coefficient (Wildman–Crippen LogP) is 13.3. The molecule has 0 N–H and O–H groups in total. The summed E-state index contributed by atoms with van der Waals surface area (Å²) in [5, 5.41) is 0. The fraction of sp³-hybridized carbons (Fsp3) is 0.281. The summed E-state index contributed by atoms with van der Waals surface area (Å²) in [4.78, 5) is 4.90. The second-order valence-corrected chi connectivity index (χ2v) is 20.4. The molecule has 0 saturated carbocycles. The molecule has 0 radical (unpaired) electrons. The molecule has 0 amide bonds. The van der Waals surface area contributed by atoms with E-state index >= 15 is 0 Å². The van der Waals surface area contributed by atoms with Gasteiger partial charge in [0.05, 0.1) is 0 Å². The van der Waals surface area contributed by atoms with Crippen molar-refractivity contribution in [3.05, 3.63) is 174 Å². The third-order valence-electron chi connectivity index (χ3n) is 11.6. The van der Waals surface area contributed by atoms with E-state index in [-0.39, 0.29) is 62.7 Å². The van der Waals surface area contributed by atoms with E-state index in [0.29, 0.717) is 0 Å². The zero-order chi connectivity index (χ0) is 41.6. The summed E-state index contributed by atoms with van der Waals surface area (Å²) in [5.41, 5.74) is 19.8. The standard InChI is InChI=1S/C57H61N.Cu.HI/c1-54(2,3)50-21-13-38(14-22-50)42-29-43(39-15-23-51(24-16-39)55(4,5)6)32-46(31-42)48-35-49(37-58-36-48)47-33-44(40-17-25-52(26-18-40)56(7,8)9)30-45(34-47)41-19-27-53(28-20-41)57(10,11)12;;/h13-37H,1-12H3;;1H/q;+1;/p-1. The fourth-order valence-electron chi connectivity index (χ4n) is 7.66. The van der Waals surface area contributed by atoms with Gasteiger partial charge in [-0.25, -0.2) is 0 Å². The molecule has 0 atom stereocenters. The van der Waals surface area contributed by atoms with Gasteiger partial charge in [-0.2, -0.15) is 0 Å². The van der Waals surface area contributed by atoms with Crippen LogP contribution in [0.2, 0.25) is 0 Å². The Balaban J connectivity index is 0.00000341. The van der Waals surface area contributed by atoms with Gasteiger partial charge in [0.15, 0.2) is 0 Å². The molecule has 6 aromatic carbocycles. The van der Waals surface area contributed by atoms with Gasteiger partial charge in [-0.05, 0) is 142 Å². The first-order valence-corrected chi connectivity index (χ1v) is 20.9. The zero-order valence-corrected chi connectivity index (χ0v) is 40.7. The maximum Gasteiger partial charge on any atom is 1.00 e. The number of pyridine rings is 1. The van der Waals surface area contributed by atoms with Crippen molar-refractivity contribution in [1.82, 2.24) is 4.98 Å². The first kappa shape index (κ1) is 46.8. The minimum absolute atomic E-state index is 0. The van der Waals surface area contributed by atoms with E-state index < -0.39 is 0 Å². The molecule has 7 rings (SSSR count). The number of halogens is 1. The molecule has 60 heavy (non-hydrogen) atoms. The Labute approximate surface area is 389 Å². The van der Waals surface area contributed by atoms with Crippen molar-refractivity contribution in [2.45, 2.75) is 105 Å². The maximum atomic E-state index is 4.90. The normalized spacial score (nSPS) is 12.1. The Hall–Kier alpha value is -4.28. The molecule has 0 fully saturated rings. The fourth-order valence-corrected chi connectivity index (χ4v) is 7.66.